The Bertz CT molecular complexity index is 549. The molecule has 20 heavy (non-hydrogen) atoms. The molecular formula is C17H25N3. The van der Waals surface area contributed by atoms with E-state index in [0.717, 1.165) is 23.4 Å². The Balaban J connectivity index is 1.94. The van der Waals surface area contributed by atoms with Crippen LogP contribution in [-0.4, -0.2) is 16.5 Å². The maximum atomic E-state index is 4.60. The average molecular weight is 271 g/mol. The van der Waals surface area contributed by atoms with Crippen molar-refractivity contribution in [3.8, 4) is 0 Å². The van der Waals surface area contributed by atoms with Gasteiger partial charge in [-0.05, 0) is 24.0 Å². The molecular weight excluding hydrogens is 246 g/mol. The Hall–Kier alpha value is -1.64. The number of nitrogens with one attached hydrogen (secondary N) is 1. The minimum absolute atomic E-state index is 0.294. The summed E-state index contributed by atoms with van der Waals surface area (Å²) in [5.41, 5.74) is 2.18. The highest BCUT2D eigenvalue weighted by Crippen LogP contribution is 2.24. The van der Waals surface area contributed by atoms with Crippen LogP contribution in [0.1, 0.15) is 46.5 Å². The Labute approximate surface area is 121 Å². The summed E-state index contributed by atoms with van der Waals surface area (Å²) in [4.78, 5) is 9.03. The van der Waals surface area contributed by atoms with Gasteiger partial charge in [0.15, 0.2) is 0 Å². The number of nitrogens with zero attached hydrogens (tertiary/aromatic N) is 2. The van der Waals surface area contributed by atoms with Gasteiger partial charge in [-0.25, -0.2) is 4.98 Å². The quantitative estimate of drug-likeness (QED) is 0.745. The number of para-hydroxylation sites is 2. The molecule has 3 heteroatoms. The molecule has 2 rings (SSSR count). The van der Waals surface area contributed by atoms with Gasteiger partial charge in [0.05, 0.1) is 17.2 Å². The Morgan fingerprint density at radius 3 is 2.60 bits per heavy atom. The van der Waals surface area contributed by atoms with Crippen molar-refractivity contribution in [2.24, 2.45) is 5.41 Å². The Morgan fingerprint density at radius 2 is 1.85 bits per heavy atom. The van der Waals surface area contributed by atoms with E-state index in [0.29, 0.717) is 5.41 Å². The second-order valence-electron chi connectivity index (χ2n) is 6.22. The third-order valence-corrected chi connectivity index (χ3v) is 3.65. The second kappa shape index (κ2) is 6.69. The van der Waals surface area contributed by atoms with Crippen molar-refractivity contribution in [1.29, 1.82) is 0 Å². The van der Waals surface area contributed by atoms with Gasteiger partial charge in [0.25, 0.3) is 0 Å². The van der Waals surface area contributed by atoms with Crippen LogP contribution in [0.15, 0.2) is 30.5 Å². The molecule has 0 aliphatic carbocycles. The van der Waals surface area contributed by atoms with Crippen molar-refractivity contribution < 1.29 is 0 Å². The van der Waals surface area contributed by atoms with Gasteiger partial charge in [-0.15, -0.1) is 0 Å². The van der Waals surface area contributed by atoms with Crippen molar-refractivity contribution in [2.75, 3.05) is 11.9 Å². The molecule has 0 spiro atoms. The summed E-state index contributed by atoms with van der Waals surface area (Å²) in [6, 6.07) is 7.97. The molecule has 0 saturated heterocycles. The van der Waals surface area contributed by atoms with Crippen LogP contribution in [0.25, 0.3) is 11.0 Å². The topological polar surface area (TPSA) is 37.8 Å². The highest BCUT2D eigenvalue weighted by atomic mass is 15.0. The molecule has 1 aromatic heterocycles. The number of fused-ring (bicyclic) bond motifs is 1. The zero-order chi connectivity index (χ0) is 14.4. The average Bonchev–Trinajstić information content (AvgIpc) is 2.45. The molecule has 0 amide bonds. The molecule has 0 aliphatic heterocycles. The minimum Gasteiger partial charge on any atom is -0.368 e. The second-order valence-corrected chi connectivity index (χ2v) is 6.22. The summed E-state index contributed by atoms with van der Waals surface area (Å²) in [5, 5.41) is 3.43. The van der Waals surface area contributed by atoms with Gasteiger partial charge >= 0.3 is 0 Å². The van der Waals surface area contributed by atoms with Crippen molar-refractivity contribution >= 4 is 16.9 Å². The fourth-order valence-electron chi connectivity index (χ4n) is 2.31. The molecule has 1 N–H and O–H groups in total. The van der Waals surface area contributed by atoms with Gasteiger partial charge < -0.3 is 5.32 Å². The zero-order valence-electron chi connectivity index (χ0n) is 12.8. The van der Waals surface area contributed by atoms with Gasteiger partial charge in [0, 0.05) is 6.54 Å². The van der Waals surface area contributed by atoms with E-state index in [1.807, 2.05) is 30.5 Å². The predicted molar refractivity (Wildman–Crippen MR) is 86.0 cm³/mol. The first-order valence-electron chi connectivity index (χ1n) is 7.56. The summed E-state index contributed by atoms with van der Waals surface area (Å²) in [6.07, 6.45) is 6.97. The lowest BCUT2D eigenvalue weighted by molar-refractivity contribution is 0.342. The fourth-order valence-corrected chi connectivity index (χ4v) is 2.31. The molecule has 108 valence electrons. The standard InChI is InChI=1S/C17H25N3/c1-4-5-8-11-17(2,3)13-19-16-12-18-14-9-6-7-10-15(14)20-16/h6-7,9-10,12H,4-5,8,11,13H2,1-3H3,(H,19,20). The van der Waals surface area contributed by atoms with Gasteiger partial charge in [0.1, 0.15) is 5.82 Å². The normalized spacial score (nSPS) is 11.8. The van der Waals surface area contributed by atoms with Crippen LogP contribution in [0.5, 0.6) is 0 Å². The van der Waals surface area contributed by atoms with E-state index >= 15 is 0 Å². The lowest BCUT2D eigenvalue weighted by Gasteiger charge is -2.25. The summed E-state index contributed by atoms with van der Waals surface area (Å²) in [7, 11) is 0. The highest BCUT2D eigenvalue weighted by molar-refractivity contribution is 5.75. The van der Waals surface area contributed by atoms with Crippen LogP contribution >= 0.6 is 0 Å². The van der Waals surface area contributed by atoms with Crippen LogP contribution in [-0.2, 0) is 0 Å². The largest absolute Gasteiger partial charge is 0.368 e. The molecule has 0 unspecified atom stereocenters. The molecule has 0 saturated carbocycles. The maximum Gasteiger partial charge on any atom is 0.145 e. The number of hydrogen-bond acceptors (Lipinski definition) is 3. The van der Waals surface area contributed by atoms with Gasteiger partial charge in [0.2, 0.25) is 0 Å². The Morgan fingerprint density at radius 1 is 1.10 bits per heavy atom. The van der Waals surface area contributed by atoms with E-state index in [1.165, 1.54) is 25.7 Å². The molecule has 3 nitrogen and oxygen atoms in total. The summed E-state index contributed by atoms with van der Waals surface area (Å²) < 4.78 is 0. The minimum atomic E-state index is 0.294. The number of hydrogen-bond donors (Lipinski definition) is 1. The highest BCUT2D eigenvalue weighted by Gasteiger charge is 2.17. The van der Waals surface area contributed by atoms with Crippen LogP contribution < -0.4 is 5.32 Å². The first-order chi connectivity index (χ1) is 9.61. The van der Waals surface area contributed by atoms with Crippen molar-refractivity contribution in [1.82, 2.24) is 9.97 Å². The first kappa shape index (κ1) is 14.8. The summed E-state index contributed by atoms with van der Waals surface area (Å²) in [6.45, 7) is 7.80. The van der Waals surface area contributed by atoms with Crippen molar-refractivity contribution in [2.45, 2.75) is 46.5 Å². The number of unbranched alkanes of at least 4 members (excludes halogenated alkanes) is 2. The number of benzene rings is 1. The van der Waals surface area contributed by atoms with Crippen LogP contribution in [0.3, 0.4) is 0 Å². The lowest BCUT2D eigenvalue weighted by atomic mass is 9.87. The SMILES string of the molecule is CCCCCC(C)(C)CNc1cnc2ccccc2n1. The van der Waals surface area contributed by atoms with Crippen LogP contribution in [0, 0.1) is 5.41 Å². The van der Waals surface area contributed by atoms with Gasteiger partial charge in [-0.3, -0.25) is 4.98 Å². The van der Waals surface area contributed by atoms with Crippen LogP contribution in [0.4, 0.5) is 5.82 Å². The molecule has 0 radical (unpaired) electrons. The summed E-state index contributed by atoms with van der Waals surface area (Å²) in [5.74, 6) is 0.868. The molecule has 1 heterocycles. The van der Waals surface area contributed by atoms with E-state index in [1.54, 1.807) is 0 Å². The van der Waals surface area contributed by atoms with Crippen molar-refractivity contribution in [3.05, 3.63) is 30.5 Å². The molecule has 0 bridgehead atoms. The van der Waals surface area contributed by atoms with E-state index in [4.69, 9.17) is 0 Å². The number of aromatic nitrogens is 2. The van der Waals surface area contributed by atoms with Gasteiger partial charge in [-0.1, -0.05) is 52.2 Å². The number of anilines is 1. The lowest BCUT2D eigenvalue weighted by Crippen LogP contribution is -2.23. The predicted octanol–water partition coefficient (Wildman–Crippen LogP) is 4.65. The molecule has 0 atom stereocenters. The fraction of sp³-hybridized carbons (Fsp3) is 0.529. The number of rotatable bonds is 7. The first-order valence-corrected chi connectivity index (χ1v) is 7.56. The summed E-state index contributed by atoms with van der Waals surface area (Å²) >= 11 is 0. The Kier molecular flexibility index (Phi) is 4.94. The smallest absolute Gasteiger partial charge is 0.145 e. The van der Waals surface area contributed by atoms with Crippen molar-refractivity contribution in [3.63, 3.8) is 0 Å². The molecule has 0 fully saturated rings. The zero-order valence-corrected chi connectivity index (χ0v) is 12.8. The van der Waals surface area contributed by atoms with E-state index in [9.17, 15) is 0 Å². The third kappa shape index (κ3) is 4.19. The van der Waals surface area contributed by atoms with Crippen LogP contribution in [0.2, 0.25) is 0 Å². The van der Waals surface area contributed by atoms with E-state index < -0.39 is 0 Å². The third-order valence-electron chi connectivity index (χ3n) is 3.65. The maximum absolute atomic E-state index is 4.60. The molecule has 1 aromatic carbocycles. The van der Waals surface area contributed by atoms with E-state index in [-0.39, 0.29) is 0 Å². The molecule has 0 aliphatic rings. The monoisotopic (exact) mass is 271 g/mol. The van der Waals surface area contributed by atoms with E-state index in [2.05, 4.69) is 36.1 Å². The van der Waals surface area contributed by atoms with Gasteiger partial charge in [-0.2, -0.15) is 0 Å². The molecule has 2 aromatic rings.